The van der Waals surface area contributed by atoms with Gasteiger partial charge in [0.1, 0.15) is 17.4 Å². The summed E-state index contributed by atoms with van der Waals surface area (Å²) in [5.41, 5.74) is 8.07. The summed E-state index contributed by atoms with van der Waals surface area (Å²) in [6.07, 6.45) is 6.90. The highest BCUT2D eigenvalue weighted by atomic mass is 16.5. The number of esters is 1. The Bertz CT molecular complexity index is 1610. The van der Waals surface area contributed by atoms with E-state index in [2.05, 4.69) is 64.4 Å². The lowest BCUT2D eigenvalue weighted by Gasteiger charge is -2.35. The molecule has 214 valence electrons. The largest absolute Gasteiger partial charge is 0.489 e. The highest BCUT2D eigenvalue weighted by Gasteiger charge is 2.42. The number of carbonyl (C=O) groups excluding carboxylic acids is 1. The molecule has 2 aromatic heterocycles. The molecule has 1 aliphatic heterocycles. The molecule has 8 heteroatoms. The van der Waals surface area contributed by atoms with E-state index in [9.17, 15) is 4.79 Å². The summed E-state index contributed by atoms with van der Waals surface area (Å²) in [4.78, 5) is 20.2. The van der Waals surface area contributed by atoms with Crippen LogP contribution in [-0.4, -0.2) is 50.6 Å². The van der Waals surface area contributed by atoms with E-state index in [1.807, 2.05) is 39.4 Å². The number of pyridine rings is 1. The number of benzene rings is 2. The predicted molar refractivity (Wildman–Crippen MR) is 158 cm³/mol. The molecule has 2 aromatic carbocycles. The van der Waals surface area contributed by atoms with E-state index in [1.165, 1.54) is 18.2 Å². The van der Waals surface area contributed by atoms with Crippen molar-refractivity contribution >= 4 is 17.0 Å². The normalized spacial score (nSPS) is 19.8. The minimum Gasteiger partial charge on any atom is -0.489 e. The minimum atomic E-state index is -0.813. The molecule has 0 saturated carbocycles. The van der Waals surface area contributed by atoms with Gasteiger partial charge in [0.15, 0.2) is 0 Å². The molecule has 41 heavy (non-hydrogen) atoms. The molecule has 3 heterocycles. The summed E-state index contributed by atoms with van der Waals surface area (Å²) in [5, 5.41) is 8.69. The van der Waals surface area contributed by atoms with Gasteiger partial charge in [-0.05, 0) is 80.0 Å². The second-order valence-electron chi connectivity index (χ2n) is 12.1. The molecular formula is C33H39N5O3. The maximum Gasteiger partial charge on any atom is 0.312 e. The Hall–Kier alpha value is -3.78. The fraction of sp³-hybridized carbons (Fsp3) is 0.455. The first-order valence-electron chi connectivity index (χ1n) is 14.6. The van der Waals surface area contributed by atoms with Gasteiger partial charge >= 0.3 is 5.97 Å². The van der Waals surface area contributed by atoms with Crippen molar-refractivity contribution in [2.75, 3.05) is 13.7 Å². The number of fused-ring (bicyclic) bond motifs is 3. The first-order chi connectivity index (χ1) is 19.7. The maximum absolute atomic E-state index is 13.3. The molecule has 0 saturated heterocycles. The van der Waals surface area contributed by atoms with Crippen LogP contribution in [0, 0.1) is 12.3 Å². The molecular weight excluding hydrogens is 514 g/mol. The van der Waals surface area contributed by atoms with Gasteiger partial charge in [-0.1, -0.05) is 36.4 Å². The van der Waals surface area contributed by atoms with Crippen LogP contribution in [-0.2, 0) is 29.5 Å². The molecule has 0 radical (unpaired) electrons. The third-order valence-electron chi connectivity index (χ3n) is 9.23. The van der Waals surface area contributed by atoms with Crippen molar-refractivity contribution in [3.8, 4) is 5.75 Å². The highest BCUT2D eigenvalue weighted by Crippen LogP contribution is 2.47. The van der Waals surface area contributed by atoms with Gasteiger partial charge < -0.3 is 9.47 Å². The average molecular weight is 554 g/mol. The van der Waals surface area contributed by atoms with Crippen LogP contribution in [0.5, 0.6) is 5.75 Å². The predicted octanol–water partition coefficient (Wildman–Crippen LogP) is 5.66. The molecule has 2 aliphatic rings. The highest BCUT2D eigenvalue weighted by molar-refractivity contribution is 5.82. The first kappa shape index (κ1) is 27.4. The van der Waals surface area contributed by atoms with Crippen LogP contribution >= 0.6 is 0 Å². The van der Waals surface area contributed by atoms with Gasteiger partial charge in [-0.15, -0.1) is 5.10 Å². The van der Waals surface area contributed by atoms with Crippen LogP contribution in [0.1, 0.15) is 79.0 Å². The van der Waals surface area contributed by atoms with Gasteiger partial charge in [0.05, 0.1) is 18.0 Å². The number of hydrogen-bond acceptors (Lipinski definition) is 7. The summed E-state index contributed by atoms with van der Waals surface area (Å²) in [5.74, 6) is 0.475. The molecule has 4 aromatic rings. The van der Waals surface area contributed by atoms with Gasteiger partial charge in [-0.25, -0.2) is 4.68 Å². The lowest BCUT2D eigenvalue weighted by Crippen LogP contribution is -2.35. The molecule has 0 bridgehead atoms. The van der Waals surface area contributed by atoms with E-state index in [4.69, 9.17) is 9.47 Å². The zero-order valence-corrected chi connectivity index (χ0v) is 24.8. The fourth-order valence-corrected chi connectivity index (χ4v) is 6.94. The molecule has 0 N–H and O–H groups in total. The Balaban J connectivity index is 1.44. The molecule has 0 amide bonds. The Morgan fingerprint density at radius 3 is 2.80 bits per heavy atom. The van der Waals surface area contributed by atoms with Crippen molar-refractivity contribution in [3.05, 3.63) is 82.2 Å². The summed E-state index contributed by atoms with van der Waals surface area (Å²) in [6.45, 7) is 9.89. The topological polar surface area (TPSA) is 82.4 Å². The monoisotopic (exact) mass is 553 g/mol. The molecule has 0 fully saturated rings. The van der Waals surface area contributed by atoms with Gasteiger partial charge in [0.2, 0.25) is 0 Å². The number of carbonyl (C=O) groups is 1. The van der Waals surface area contributed by atoms with Crippen LogP contribution in [0.4, 0.5) is 0 Å². The molecule has 3 atom stereocenters. The lowest BCUT2D eigenvalue weighted by atomic mass is 9.69. The molecule has 6 rings (SSSR count). The van der Waals surface area contributed by atoms with Crippen LogP contribution in [0.25, 0.3) is 11.0 Å². The van der Waals surface area contributed by atoms with Crippen LogP contribution in [0.15, 0.2) is 48.8 Å². The summed E-state index contributed by atoms with van der Waals surface area (Å²) >= 11 is 0. The smallest absolute Gasteiger partial charge is 0.312 e. The Morgan fingerprint density at radius 2 is 2.02 bits per heavy atom. The lowest BCUT2D eigenvalue weighted by molar-refractivity contribution is -0.151. The van der Waals surface area contributed by atoms with E-state index in [-0.39, 0.29) is 24.0 Å². The Labute approximate surface area is 241 Å². The van der Waals surface area contributed by atoms with Crippen molar-refractivity contribution in [1.29, 1.82) is 0 Å². The zero-order valence-electron chi connectivity index (χ0n) is 24.8. The summed E-state index contributed by atoms with van der Waals surface area (Å²) < 4.78 is 13.5. The number of methoxy groups -OCH3 is 1. The van der Waals surface area contributed by atoms with E-state index in [1.54, 1.807) is 4.68 Å². The zero-order chi connectivity index (χ0) is 28.9. The number of rotatable bonds is 6. The Kier molecular flexibility index (Phi) is 7.06. The summed E-state index contributed by atoms with van der Waals surface area (Å²) in [6, 6.07) is 13.3. The number of aromatic nitrogens is 4. The van der Waals surface area contributed by atoms with Crippen molar-refractivity contribution in [2.24, 2.45) is 12.5 Å². The third-order valence-corrected chi connectivity index (χ3v) is 9.23. The number of ether oxygens (including phenoxy) is 2. The average Bonchev–Trinajstić information content (AvgIpc) is 3.51. The van der Waals surface area contributed by atoms with Crippen molar-refractivity contribution in [3.63, 3.8) is 0 Å². The van der Waals surface area contributed by atoms with Crippen LogP contribution in [0.2, 0.25) is 0 Å². The maximum atomic E-state index is 13.3. The van der Waals surface area contributed by atoms with E-state index >= 15 is 0 Å². The van der Waals surface area contributed by atoms with Crippen LogP contribution < -0.4 is 4.74 Å². The Morgan fingerprint density at radius 1 is 1.20 bits per heavy atom. The van der Waals surface area contributed by atoms with Gasteiger partial charge in [0, 0.05) is 50.1 Å². The van der Waals surface area contributed by atoms with Crippen LogP contribution in [0.3, 0.4) is 0 Å². The van der Waals surface area contributed by atoms with Crippen molar-refractivity contribution < 1.29 is 14.3 Å². The van der Waals surface area contributed by atoms with Gasteiger partial charge in [0.25, 0.3) is 0 Å². The van der Waals surface area contributed by atoms with E-state index in [0.717, 1.165) is 71.4 Å². The number of hydrogen-bond donors (Lipinski definition) is 0. The molecule has 1 unspecified atom stereocenters. The van der Waals surface area contributed by atoms with Gasteiger partial charge in [-0.3, -0.25) is 14.7 Å². The minimum absolute atomic E-state index is 0.123. The van der Waals surface area contributed by atoms with Crippen molar-refractivity contribution in [2.45, 2.75) is 71.6 Å². The number of nitrogens with zero attached hydrogens (tertiary/aromatic N) is 5. The number of aryl methyl sites for hydroxylation is 3. The van der Waals surface area contributed by atoms with Crippen molar-refractivity contribution in [1.82, 2.24) is 24.9 Å². The van der Waals surface area contributed by atoms with E-state index < -0.39 is 5.41 Å². The third kappa shape index (κ3) is 4.68. The standard InChI is InChI=1S/C33H39N5O3/c1-7-24-19-38(18-23-17-34-15-14-29(23)41-24)27-12-10-21-8-9-22(16-26(21)27)30(33(3,4)32(39)40-6)25-11-13-28-31(20(25)2)35-36-37(28)5/h8-9,11,13-17,24,27,30H,7,10,12,18-19H2,1-6H3/t24-,27+,30?/m1/s1. The first-order valence-corrected chi connectivity index (χ1v) is 14.6. The molecule has 8 nitrogen and oxygen atoms in total. The fourth-order valence-electron chi connectivity index (χ4n) is 6.94. The molecule has 0 spiro atoms. The SMILES string of the molecule is CC[C@@H]1CN([C@H]2CCc3ccc(C(c4ccc5c(nnn5C)c4C)C(C)(C)C(=O)OC)cc32)Cc2cnccc2O1. The second-order valence-corrected chi connectivity index (χ2v) is 12.1. The second kappa shape index (κ2) is 10.6. The quantitative estimate of drug-likeness (QED) is 0.285. The summed E-state index contributed by atoms with van der Waals surface area (Å²) in [7, 11) is 3.37. The molecule has 1 aliphatic carbocycles. The van der Waals surface area contributed by atoms with E-state index in [0.29, 0.717) is 0 Å². The van der Waals surface area contributed by atoms with Gasteiger partial charge in [-0.2, -0.15) is 0 Å².